The molecule has 0 spiro atoms. The molecule has 1 saturated heterocycles. The maximum atomic E-state index is 10.8. The van der Waals surface area contributed by atoms with Crippen LogP contribution in [0.4, 0.5) is 0 Å². The number of hydrogen-bond donors (Lipinski definition) is 1. The predicted octanol–water partition coefficient (Wildman–Crippen LogP) is 2.94. The molecule has 0 radical (unpaired) electrons. The lowest BCUT2D eigenvalue weighted by Gasteiger charge is -2.13. The molecule has 0 amide bonds. The Hall–Kier alpha value is -0.990. The summed E-state index contributed by atoms with van der Waals surface area (Å²) in [6.07, 6.45) is 1.20. The maximum absolute atomic E-state index is 10.8. The molecule has 112 valence electrons. The lowest BCUT2D eigenvalue weighted by atomic mass is 10.1. The van der Waals surface area contributed by atoms with E-state index in [4.69, 9.17) is 5.11 Å². The minimum atomic E-state index is -0.830. The van der Waals surface area contributed by atoms with E-state index in [0.29, 0.717) is 11.1 Å². The van der Waals surface area contributed by atoms with Gasteiger partial charge in [-0.1, -0.05) is 17.8 Å². The van der Waals surface area contributed by atoms with Gasteiger partial charge in [0.15, 0.2) is 11.0 Å². The minimum Gasteiger partial charge on any atom is -0.481 e. The van der Waals surface area contributed by atoms with Crippen LogP contribution >= 0.6 is 34.9 Å². The number of carboxylic acid groups (broad SMARTS) is 1. The Bertz CT molecular complexity index is 606. The fraction of sp³-hybridized carbons (Fsp3) is 0.462. The van der Waals surface area contributed by atoms with E-state index in [1.54, 1.807) is 11.3 Å². The SMILES string of the molecule is O=C(O)CSc1nnc(-c2cccs2)n1CC1CCSC1. The van der Waals surface area contributed by atoms with Gasteiger partial charge in [0, 0.05) is 6.54 Å². The van der Waals surface area contributed by atoms with Crippen LogP contribution in [0.15, 0.2) is 22.7 Å². The van der Waals surface area contributed by atoms with Crippen molar-refractivity contribution in [2.45, 2.75) is 18.1 Å². The third-order valence-corrected chi connectivity index (χ3v) is 6.30. The first kappa shape index (κ1) is 14.9. The van der Waals surface area contributed by atoms with Crippen LogP contribution in [-0.2, 0) is 11.3 Å². The fourth-order valence-electron chi connectivity index (χ4n) is 2.26. The molecule has 0 saturated carbocycles. The van der Waals surface area contributed by atoms with Crippen LogP contribution < -0.4 is 0 Å². The van der Waals surface area contributed by atoms with Crippen molar-refractivity contribution >= 4 is 40.8 Å². The molecule has 1 N–H and O–H groups in total. The Morgan fingerprint density at radius 2 is 2.43 bits per heavy atom. The first-order chi connectivity index (χ1) is 10.2. The van der Waals surface area contributed by atoms with Crippen molar-refractivity contribution in [2.75, 3.05) is 17.3 Å². The average molecular weight is 341 g/mol. The Morgan fingerprint density at radius 1 is 1.52 bits per heavy atom. The van der Waals surface area contributed by atoms with E-state index in [0.717, 1.165) is 23.0 Å². The van der Waals surface area contributed by atoms with E-state index in [-0.39, 0.29) is 5.75 Å². The van der Waals surface area contributed by atoms with Crippen molar-refractivity contribution in [1.82, 2.24) is 14.8 Å². The molecule has 0 bridgehead atoms. The third kappa shape index (κ3) is 3.61. The normalized spacial score (nSPS) is 18.2. The maximum Gasteiger partial charge on any atom is 0.313 e. The van der Waals surface area contributed by atoms with E-state index in [2.05, 4.69) is 14.8 Å². The molecule has 1 fully saturated rings. The highest BCUT2D eigenvalue weighted by molar-refractivity contribution is 7.99. The second-order valence-corrected chi connectivity index (χ2v) is 7.85. The zero-order valence-electron chi connectivity index (χ0n) is 11.3. The van der Waals surface area contributed by atoms with Crippen LogP contribution in [0.3, 0.4) is 0 Å². The molecule has 8 heteroatoms. The van der Waals surface area contributed by atoms with Crippen LogP contribution in [0.1, 0.15) is 6.42 Å². The zero-order chi connectivity index (χ0) is 14.7. The summed E-state index contributed by atoms with van der Waals surface area (Å²) in [4.78, 5) is 11.9. The molecular weight excluding hydrogens is 326 g/mol. The summed E-state index contributed by atoms with van der Waals surface area (Å²) in [5, 5.41) is 20.1. The molecule has 1 unspecified atom stereocenters. The van der Waals surface area contributed by atoms with Gasteiger partial charge in [0.25, 0.3) is 0 Å². The minimum absolute atomic E-state index is 0.0159. The van der Waals surface area contributed by atoms with Crippen molar-refractivity contribution in [2.24, 2.45) is 5.92 Å². The smallest absolute Gasteiger partial charge is 0.313 e. The standard InChI is InChI=1S/C13H15N3O2S3/c17-11(18)8-21-13-15-14-12(10-2-1-4-20-10)16(13)6-9-3-5-19-7-9/h1-2,4,9H,3,5-8H2,(H,17,18). The van der Waals surface area contributed by atoms with E-state index in [9.17, 15) is 4.79 Å². The van der Waals surface area contributed by atoms with Gasteiger partial charge in [-0.05, 0) is 35.3 Å². The average Bonchev–Trinajstić information content (AvgIpc) is 3.18. The molecule has 3 heterocycles. The molecule has 5 nitrogen and oxygen atoms in total. The van der Waals surface area contributed by atoms with Gasteiger partial charge in [-0.3, -0.25) is 4.79 Å². The van der Waals surface area contributed by atoms with Gasteiger partial charge in [-0.15, -0.1) is 21.5 Å². The number of hydrogen-bond acceptors (Lipinski definition) is 6. The van der Waals surface area contributed by atoms with Crippen molar-refractivity contribution in [3.05, 3.63) is 17.5 Å². The topological polar surface area (TPSA) is 68.0 Å². The van der Waals surface area contributed by atoms with E-state index >= 15 is 0 Å². The Labute approximate surface area is 135 Å². The summed E-state index contributed by atoms with van der Waals surface area (Å²) >= 11 is 4.85. The van der Waals surface area contributed by atoms with Crippen LogP contribution in [0, 0.1) is 5.92 Å². The largest absolute Gasteiger partial charge is 0.481 e. The summed E-state index contributed by atoms with van der Waals surface area (Å²) in [6.45, 7) is 0.870. The molecule has 0 aliphatic carbocycles. The monoisotopic (exact) mass is 341 g/mol. The number of nitrogens with zero attached hydrogens (tertiary/aromatic N) is 3. The summed E-state index contributed by atoms with van der Waals surface area (Å²) in [6, 6.07) is 4.02. The second kappa shape index (κ2) is 6.85. The molecule has 1 aliphatic rings. The summed E-state index contributed by atoms with van der Waals surface area (Å²) in [5.74, 6) is 3.03. The lowest BCUT2D eigenvalue weighted by molar-refractivity contribution is -0.133. The first-order valence-corrected chi connectivity index (χ1v) is 9.65. The number of rotatable bonds is 6. The van der Waals surface area contributed by atoms with Crippen LogP contribution in [0.25, 0.3) is 10.7 Å². The highest BCUT2D eigenvalue weighted by Crippen LogP contribution is 2.31. The fourth-order valence-corrected chi connectivity index (χ4v) is 4.92. The van der Waals surface area contributed by atoms with Crippen molar-refractivity contribution in [1.29, 1.82) is 0 Å². The molecule has 0 aromatic carbocycles. The van der Waals surface area contributed by atoms with Gasteiger partial charge in [-0.2, -0.15) is 11.8 Å². The number of thiophene rings is 1. The van der Waals surface area contributed by atoms with Gasteiger partial charge >= 0.3 is 5.97 Å². The van der Waals surface area contributed by atoms with Gasteiger partial charge in [-0.25, -0.2) is 0 Å². The van der Waals surface area contributed by atoms with Crippen LogP contribution in [0.2, 0.25) is 0 Å². The first-order valence-electron chi connectivity index (χ1n) is 6.63. The van der Waals surface area contributed by atoms with E-state index in [1.807, 2.05) is 29.3 Å². The molecule has 21 heavy (non-hydrogen) atoms. The van der Waals surface area contributed by atoms with Crippen LogP contribution in [-0.4, -0.2) is 43.1 Å². The highest BCUT2D eigenvalue weighted by atomic mass is 32.2. The van der Waals surface area contributed by atoms with Crippen molar-refractivity contribution < 1.29 is 9.90 Å². The number of aromatic nitrogens is 3. The van der Waals surface area contributed by atoms with Crippen molar-refractivity contribution in [3.63, 3.8) is 0 Å². The molecular formula is C13H15N3O2S3. The van der Waals surface area contributed by atoms with Gasteiger partial charge in [0.1, 0.15) is 0 Å². The molecule has 1 aliphatic heterocycles. The number of aliphatic carboxylic acids is 1. The van der Waals surface area contributed by atoms with E-state index < -0.39 is 5.97 Å². The quantitative estimate of drug-likeness (QED) is 0.815. The highest BCUT2D eigenvalue weighted by Gasteiger charge is 2.22. The van der Waals surface area contributed by atoms with E-state index in [1.165, 1.54) is 23.9 Å². The summed E-state index contributed by atoms with van der Waals surface area (Å²) in [5.41, 5.74) is 0. The number of thioether (sulfide) groups is 2. The second-order valence-electron chi connectivity index (χ2n) is 4.81. The van der Waals surface area contributed by atoms with Crippen molar-refractivity contribution in [3.8, 4) is 10.7 Å². The predicted molar refractivity (Wildman–Crippen MR) is 87.1 cm³/mol. The van der Waals surface area contributed by atoms with Gasteiger partial charge in [0.2, 0.25) is 0 Å². The molecule has 1 atom stereocenters. The Kier molecular flexibility index (Phi) is 4.87. The van der Waals surface area contributed by atoms with Gasteiger partial charge in [0.05, 0.1) is 10.6 Å². The number of carbonyl (C=O) groups is 1. The number of carboxylic acids is 1. The third-order valence-electron chi connectivity index (χ3n) is 3.25. The lowest BCUT2D eigenvalue weighted by Crippen LogP contribution is -2.12. The Balaban J connectivity index is 1.86. The molecule has 3 rings (SSSR count). The van der Waals surface area contributed by atoms with Crippen LogP contribution in [0.5, 0.6) is 0 Å². The Morgan fingerprint density at radius 3 is 3.10 bits per heavy atom. The summed E-state index contributed by atoms with van der Waals surface area (Å²) < 4.78 is 2.09. The molecule has 2 aromatic rings. The summed E-state index contributed by atoms with van der Waals surface area (Å²) in [7, 11) is 0. The zero-order valence-corrected chi connectivity index (χ0v) is 13.7. The van der Waals surface area contributed by atoms with Gasteiger partial charge < -0.3 is 9.67 Å². The molecule has 2 aromatic heterocycles.